The second kappa shape index (κ2) is 12.6. The Bertz CT molecular complexity index is 3660. The number of anilines is 4. The highest BCUT2D eigenvalue weighted by Crippen LogP contribution is 2.65. The maximum absolute atomic E-state index is 9.40. The summed E-state index contributed by atoms with van der Waals surface area (Å²) in [6.45, 7) is 26.5. The fourth-order valence-corrected chi connectivity index (χ4v) is 16.3. The molecule has 2 saturated carbocycles. The van der Waals surface area contributed by atoms with Gasteiger partial charge in [0.2, 0.25) is 0 Å². The van der Waals surface area contributed by atoms with Crippen molar-refractivity contribution < 1.29 is 6.85 Å². The summed E-state index contributed by atoms with van der Waals surface area (Å²) in [7, 11) is 0. The maximum atomic E-state index is 9.40. The molecule has 2 fully saturated rings. The van der Waals surface area contributed by atoms with Crippen LogP contribution in [0.3, 0.4) is 0 Å². The molecule has 3 nitrogen and oxygen atoms in total. The van der Waals surface area contributed by atoms with E-state index in [1.54, 1.807) is 0 Å². The van der Waals surface area contributed by atoms with Gasteiger partial charge in [-0.1, -0.05) is 147 Å². The first kappa shape index (κ1) is 35.6. The number of benzene rings is 6. The molecule has 0 amide bonds. The minimum atomic E-state index is -0.357. The van der Waals surface area contributed by atoms with Gasteiger partial charge in [0, 0.05) is 61.1 Å². The number of hydrogen-bond acceptors (Lipinski definition) is 2. The quantitative estimate of drug-likeness (QED) is 0.160. The van der Waals surface area contributed by atoms with E-state index >= 15 is 0 Å². The Kier molecular flexibility index (Phi) is 6.70. The maximum Gasteiger partial charge on any atom is 0.252 e. The average molecular weight is 881 g/mol. The first-order valence-corrected chi connectivity index (χ1v) is 25.5. The van der Waals surface area contributed by atoms with E-state index in [4.69, 9.17) is 4.11 Å². The third-order valence-electron chi connectivity index (χ3n) is 19.8. The fraction of sp³-hybridized carbons (Fsp3) is 0.397. The van der Waals surface area contributed by atoms with Crippen molar-refractivity contribution in [1.82, 2.24) is 4.57 Å². The summed E-state index contributed by atoms with van der Waals surface area (Å²) in [5.41, 5.74) is 23.3. The lowest BCUT2D eigenvalue weighted by atomic mass is 9.33. The lowest BCUT2D eigenvalue weighted by Crippen LogP contribution is -2.64. The van der Waals surface area contributed by atoms with E-state index in [1.807, 2.05) is 0 Å². The molecule has 0 bridgehead atoms. The second-order valence-corrected chi connectivity index (χ2v) is 24.5. The van der Waals surface area contributed by atoms with Crippen molar-refractivity contribution in [2.45, 2.75) is 160 Å². The molecule has 4 aliphatic heterocycles. The Morgan fingerprint density at radius 2 is 1.31 bits per heavy atom. The lowest BCUT2D eigenvalue weighted by Gasteiger charge is -2.53. The Balaban J connectivity index is 1.18. The van der Waals surface area contributed by atoms with Crippen molar-refractivity contribution in [2.75, 3.05) is 9.80 Å². The highest BCUT2D eigenvalue weighted by Gasteiger charge is 2.63. The van der Waals surface area contributed by atoms with E-state index < -0.39 is 0 Å². The minimum Gasteiger partial charge on any atom is -0.335 e. The van der Waals surface area contributed by atoms with Crippen molar-refractivity contribution in [1.29, 1.82) is 0 Å². The standard InChI is InChI=1S/C63H66BN3/c1-37-29-38(2)52-49(30-37)66(63(11)28-20-18-26-61(52,63)9)42-35-50-54-51(36-42)67-57-46(60(8)25-17-19-27-62(60,67)10)31-40(39-21-13-12-14-22-39)32-47(57)64(54)48-34-41(58(3,4)5)33-44-53-56(65(50)55(44)48)43-23-15-16-24-45(43)59(53,6)7/h12-16,21-24,29-36H,17-20,25-28H2,1-11H3/i12D,13D,14D,21D,22D. The van der Waals surface area contributed by atoms with Crippen molar-refractivity contribution in [3.8, 4) is 28.1 Å². The van der Waals surface area contributed by atoms with E-state index in [2.05, 4.69) is 163 Å². The van der Waals surface area contributed by atoms with Crippen molar-refractivity contribution in [3.63, 3.8) is 0 Å². The molecule has 0 radical (unpaired) electrons. The molecule has 1 aromatic heterocycles. The Morgan fingerprint density at radius 3 is 2.06 bits per heavy atom. The number of nitrogens with zero attached hydrogens (tertiary/aromatic N) is 3. The van der Waals surface area contributed by atoms with Gasteiger partial charge >= 0.3 is 0 Å². The predicted molar refractivity (Wildman–Crippen MR) is 285 cm³/mol. The predicted octanol–water partition coefficient (Wildman–Crippen LogP) is 14.1. The van der Waals surface area contributed by atoms with E-state index in [1.165, 1.54) is 119 Å². The zero-order valence-electron chi connectivity index (χ0n) is 46.5. The van der Waals surface area contributed by atoms with Gasteiger partial charge < -0.3 is 14.4 Å². The second-order valence-electron chi connectivity index (χ2n) is 24.5. The summed E-state index contributed by atoms with van der Waals surface area (Å²) >= 11 is 0. The summed E-state index contributed by atoms with van der Waals surface area (Å²) in [4.78, 5) is 5.63. The van der Waals surface area contributed by atoms with Crippen LogP contribution in [-0.2, 0) is 21.7 Å². The summed E-state index contributed by atoms with van der Waals surface area (Å²) in [5, 5.41) is 1.31. The van der Waals surface area contributed by atoms with Gasteiger partial charge in [-0.05, 0) is 156 Å². The molecular weight excluding hydrogens is 810 g/mol. The molecule has 7 aliphatic rings. The van der Waals surface area contributed by atoms with Gasteiger partial charge in [-0.3, -0.25) is 0 Å². The minimum absolute atomic E-state index is 0.0317. The Morgan fingerprint density at radius 1 is 0.627 bits per heavy atom. The van der Waals surface area contributed by atoms with Crippen molar-refractivity contribution in [3.05, 3.63) is 142 Å². The van der Waals surface area contributed by atoms with Gasteiger partial charge in [-0.15, -0.1) is 0 Å². The van der Waals surface area contributed by atoms with Gasteiger partial charge in [-0.25, -0.2) is 0 Å². The topological polar surface area (TPSA) is 11.4 Å². The molecule has 6 aromatic carbocycles. The summed E-state index contributed by atoms with van der Waals surface area (Å²) < 4.78 is 47.9. The van der Waals surface area contributed by atoms with Crippen LogP contribution in [0.15, 0.2) is 103 Å². The van der Waals surface area contributed by atoms with Crippen molar-refractivity contribution in [2.24, 2.45) is 0 Å². The average Bonchev–Trinajstić information content (AvgIpc) is 3.94. The number of fused-ring (bicyclic) bond motifs is 15. The van der Waals surface area contributed by atoms with Crippen molar-refractivity contribution >= 4 is 56.8 Å². The van der Waals surface area contributed by atoms with E-state index in [0.29, 0.717) is 5.56 Å². The normalized spacial score (nSPS) is 27.6. The van der Waals surface area contributed by atoms with E-state index in [0.717, 1.165) is 38.5 Å². The highest BCUT2D eigenvalue weighted by atomic mass is 15.3. The van der Waals surface area contributed by atoms with Crippen LogP contribution < -0.4 is 26.2 Å². The monoisotopic (exact) mass is 881 g/mol. The van der Waals surface area contributed by atoms with E-state index in [-0.39, 0.29) is 75.2 Å². The number of rotatable bonds is 2. The third kappa shape index (κ3) is 4.63. The molecule has 14 rings (SSSR count). The van der Waals surface area contributed by atoms with E-state index in [9.17, 15) is 2.74 Å². The molecule has 336 valence electrons. The van der Waals surface area contributed by atoms with Crippen LogP contribution in [0.2, 0.25) is 0 Å². The number of aromatic nitrogens is 1. The van der Waals surface area contributed by atoms with Crippen LogP contribution in [0, 0.1) is 13.8 Å². The highest BCUT2D eigenvalue weighted by molar-refractivity contribution is 7.00. The Hall–Kier alpha value is -5.48. The molecule has 4 atom stereocenters. The molecule has 67 heavy (non-hydrogen) atoms. The van der Waals surface area contributed by atoms with Crippen LogP contribution in [0.1, 0.15) is 159 Å². The summed E-state index contributed by atoms with van der Waals surface area (Å²) in [6.07, 6.45) is 8.95. The van der Waals surface area contributed by atoms with Gasteiger partial charge in [0.25, 0.3) is 6.71 Å². The molecule has 4 unspecified atom stereocenters. The molecule has 7 aromatic rings. The summed E-state index contributed by atoms with van der Waals surface area (Å²) in [6, 6.07) is 27.6. The van der Waals surface area contributed by atoms with Crippen LogP contribution in [0.4, 0.5) is 22.7 Å². The lowest BCUT2D eigenvalue weighted by molar-refractivity contribution is 0.193. The number of hydrogen-bond donors (Lipinski definition) is 0. The molecule has 3 aliphatic carbocycles. The first-order chi connectivity index (χ1) is 34.0. The third-order valence-corrected chi connectivity index (χ3v) is 19.8. The largest absolute Gasteiger partial charge is 0.335 e. The van der Waals surface area contributed by atoms with Gasteiger partial charge in [0.1, 0.15) is 0 Å². The molecule has 5 heterocycles. The smallest absolute Gasteiger partial charge is 0.252 e. The van der Waals surface area contributed by atoms with Crippen LogP contribution in [-0.4, -0.2) is 22.4 Å². The molecule has 4 heteroatoms. The zero-order chi connectivity index (χ0) is 50.5. The van der Waals surface area contributed by atoms with Crippen LogP contribution >= 0.6 is 0 Å². The van der Waals surface area contributed by atoms with Gasteiger partial charge in [0.05, 0.1) is 23.6 Å². The van der Waals surface area contributed by atoms with Crippen LogP contribution in [0.25, 0.3) is 39.0 Å². The first-order valence-electron chi connectivity index (χ1n) is 28.0. The molecule has 0 saturated heterocycles. The fourth-order valence-electron chi connectivity index (χ4n) is 16.3. The van der Waals surface area contributed by atoms with Gasteiger partial charge in [-0.2, -0.15) is 0 Å². The molecular formula is C63H66BN3. The number of aryl methyl sites for hydroxylation is 2. The molecule has 0 N–H and O–H groups in total. The molecule has 0 spiro atoms. The van der Waals surface area contributed by atoms with Crippen LogP contribution in [0.5, 0.6) is 0 Å². The Labute approximate surface area is 406 Å². The zero-order valence-corrected chi connectivity index (χ0v) is 41.5. The summed E-state index contributed by atoms with van der Waals surface area (Å²) in [5.74, 6) is 0. The SMILES string of the molecule is [2H]c1c([2H])c([2H])c(-c2cc3c4c(c2)C2(C)CCCCC2(C)N4c2cc(N4c5cc(C)cc(C)c5C5(C)CCCCC45C)cc4c2B3c2cc(C(C)(C)C)cc3c5c(n-4c23)-c2ccccc2C5(C)C)c([2H])c1[2H]. The van der Waals surface area contributed by atoms with Gasteiger partial charge in [0.15, 0.2) is 0 Å².